The van der Waals surface area contributed by atoms with Gasteiger partial charge in [0.05, 0.1) is 5.75 Å². The fraction of sp³-hybridized carbons (Fsp3) is 0.0909. The van der Waals surface area contributed by atoms with Crippen LogP contribution in [-0.4, -0.2) is 16.2 Å². The highest BCUT2D eigenvalue weighted by Crippen LogP contribution is 2.25. The van der Waals surface area contributed by atoms with Gasteiger partial charge in [0, 0.05) is 11.0 Å². The molecule has 17 heavy (non-hydrogen) atoms. The predicted molar refractivity (Wildman–Crippen MR) is 59.4 cm³/mol. The van der Waals surface area contributed by atoms with Crippen LogP contribution in [0.4, 0.5) is 4.39 Å². The van der Waals surface area contributed by atoms with Gasteiger partial charge in [0.15, 0.2) is 5.69 Å². The Labute approximate surface area is 100 Å². The summed E-state index contributed by atoms with van der Waals surface area (Å²) < 4.78 is 18.1. The van der Waals surface area contributed by atoms with Crippen LogP contribution in [0.1, 0.15) is 16.2 Å². The highest BCUT2D eigenvalue weighted by molar-refractivity contribution is 7.98. The topological polar surface area (TPSA) is 63.3 Å². The summed E-state index contributed by atoms with van der Waals surface area (Å²) in [5.41, 5.74) is -0.144. The van der Waals surface area contributed by atoms with E-state index in [0.29, 0.717) is 16.4 Å². The SMILES string of the molecule is O=C(O)c1cc(CSc2ccccc2F)on1. The van der Waals surface area contributed by atoms with Crippen LogP contribution < -0.4 is 0 Å². The number of carbonyl (C=O) groups is 1. The summed E-state index contributed by atoms with van der Waals surface area (Å²) in [4.78, 5) is 11.0. The second-order valence-electron chi connectivity index (χ2n) is 3.20. The Balaban J connectivity index is 2.02. The Morgan fingerprint density at radius 2 is 2.24 bits per heavy atom. The number of aromatic carboxylic acids is 1. The van der Waals surface area contributed by atoms with Crippen molar-refractivity contribution >= 4 is 17.7 Å². The molecule has 1 N–H and O–H groups in total. The molecule has 0 saturated heterocycles. The number of aromatic nitrogens is 1. The molecular weight excluding hydrogens is 245 g/mol. The van der Waals surface area contributed by atoms with Gasteiger partial charge in [0.2, 0.25) is 0 Å². The normalized spacial score (nSPS) is 10.4. The molecule has 2 rings (SSSR count). The fourth-order valence-corrected chi connectivity index (χ4v) is 2.01. The molecule has 1 aromatic heterocycles. The maximum Gasteiger partial charge on any atom is 0.358 e. The summed E-state index contributed by atoms with van der Waals surface area (Å²) in [6.45, 7) is 0. The maximum absolute atomic E-state index is 13.3. The van der Waals surface area contributed by atoms with Crippen LogP contribution in [0.3, 0.4) is 0 Å². The van der Waals surface area contributed by atoms with Gasteiger partial charge in [0.1, 0.15) is 11.6 Å². The molecule has 4 nitrogen and oxygen atoms in total. The number of thioether (sulfide) groups is 1. The Kier molecular flexibility index (Phi) is 3.43. The Morgan fingerprint density at radius 1 is 1.47 bits per heavy atom. The minimum Gasteiger partial charge on any atom is -0.476 e. The standard InChI is InChI=1S/C11H8FNO3S/c12-8-3-1-2-4-10(8)17-6-7-5-9(11(14)15)13-16-7/h1-5H,6H2,(H,14,15). The number of hydrogen-bond acceptors (Lipinski definition) is 4. The first kappa shape index (κ1) is 11.7. The number of benzene rings is 1. The van der Waals surface area contributed by atoms with E-state index in [0.717, 1.165) is 0 Å². The molecular formula is C11H8FNO3S. The first-order chi connectivity index (χ1) is 8.16. The van der Waals surface area contributed by atoms with E-state index >= 15 is 0 Å². The van der Waals surface area contributed by atoms with Gasteiger partial charge in [-0.15, -0.1) is 11.8 Å². The van der Waals surface area contributed by atoms with Crippen molar-refractivity contribution in [1.29, 1.82) is 0 Å². The first-order valence-electron chi connectivity index (χ1n) is 4.73. The third-order valence-corrected chi connectivity index (χ3v) is 3.06. The average Bonchev–Trinajstić information content (AvgIpc) is 2.77. The summed E-state index contributed by atoms with van der Waals surface area (Å²) in [6, 6.07) is 7.68. The molecule has 0 aliphatic heterocycles. The monoisotopic (exact) mass is 253 g/mol. The van der Waals surface area contributed by atoms with Gasteiger partial charge in [-0.2, -0.15) is 0 Å². The molecule has 0 amide bonds. The molecule has 1 heterocycles. The van der Waals surface area contributed by atoms with Crippen molar-refractivity contribution in [3.63, 3.8) is 0 Å². The van der Waals surface area contributed by atoms with E-state index in [-0.39, 0.29) is 11.5 Å². The quantitative estimate of drug-likeness (QED) is 0.849. The molecule has 0 aliphatic carbocycles. The first-order valence-corrected chi connectivity index (χ1v) is 5.71. The molecule has 2 aromatic rings. The van der Waals surface area contributed by atoms with Gasteiger partial charge < -0.3 is 9.63 Å². The molecule has 0 atom stereocenters. The van der Waals surface area contributed by atoms with Crippen molar-refractivity contribution in [3.8, 4) is 0 Å². The predicted octanol–water partition coefficient (Wildman–Crippen LogP) is 2.80. The third-order valence-electron chi connectivity index (χ3n) is 1.98. The lowest BCUT2D eigenvalue weighted by atomic mass is 10.3. The van der Waals surface area contributed by atoms with Crippen LogP contribution in [0, 0.1) is 5.82 Å². The van der Waals surface area contributed by atoms with E-state index in [1.54, 1.807) is 18.2 Å². The number of carboxylic acid groups (broad SMARTS) is 1. The largest absolute Gasteiger partial charge is 0.476 e. The van der Waals surface area contributed by atoms with Gasteiger partial charge in [-0.3, -0.25) is 0 Å². The summed E-state index contributed by atoms with van der Waals surface area (Å²) in [5.74, 6) is -0.719. The average molecular weight is 253 g/mol. The van der Waals surface area contributed by atoms with E-state index in [2.05, 4.69) is 5.16 Å². The molecule has 0 bridgehead atoms. The van der Waals surface area contributed by atoms with Crippen molar-refractivity contribution in [3.05, 3.63) is 47.6 Å². The zero-order valence-corrected chi connectivity index (χ0v) is 9.41. The number of carboxylic acids is 1. The van der Waals surface area contributed by atoms with Crippen molar-refractivity contribution in [1.82, 2.24) is 5.16 Å². The van der Waals surface area contributed by atoms with Gasteiger partial charge in [-0.05, 0) is 12.1 Å². The van der Waals surface area contributed by atoms with E-state index in [1.807, 2.05) is 0 Å². The number of hydrogen-bond donors (Lipinski definition) is 1. The minimum atomic E-state index is -1.14. The molecule has 88 valence electrons. The maximum atomic E-state index is 13.3. The zero-order chi connectivity index (χ0) is 12.3. The molecule has 0 radical (unpaired) electrons. The zero-order valence-electron chi connectivity index (χ0n) is 8.59. The molecule has 0 fully saturated rings. The van der Waals surface area contributed by atoms with E-state index in [1.165, 1.54) is 23.9 Å². The Hall–Kier alpha value is -1.82. The summed E-state index contributed by atoms with van der Waals surface area (Å²) >= 11 is 1.22. The smallest absolute Gasteiger partial charge is 0.358 e. The highest BCUT2D eigenvalue weighted by atomic mass is 32.2. The van der Waals surface area contributed by atoms with E-state index in [4.69, 9.17) is 9.63 Å². The molecule has 1 aromatic carbocycles. The number of nitrogens with zero attached hydrogens (tertiary/aromatic N) is 1. The molecule has 0 aliphatic rings. The number of rotatable bonds is 4. The van der Waals surface area contributed by atoms with Crippen LogP contribution in [0.15, 0.2) is 39.8 Å². The second kappa shape index (κ2) is 5.01. The lowest BCUT2D eigenvalue weighted by Crippen LogP contribution is -1.94. The van der Waals surface area contributed by atoms with Gasteiger partial charge in [0.25, 0.3) is 0 Å². The van der Waals surface area contributed by atoms with E-state index in [9.17, 15) is 9.18 Å². The molecule has 6 heteroatoms. The van der Waals surface area contributed by atoms with Gasteiger partial charge in [-0.25, -0.2) is 9.18 Å². The Morgan fingerprint density at radius 3 is 2.88 bits per heavy atom. The van der Waals surface area contributed by atoms with Gasteiger partial charge >= 0.3 is 5.97 Å². The van der Waals surface area contributed by atoms with Gasteiger partial charge in [-0.1, -0.05) is 17.3 Å². The van der Waals surface area contributed by atoms with Crippen LogP contribution in [0.2, 0.25) is 0 Å². The molecule has 0 saturated carbocycles. The number of halogens is 1. The van der Waals surface area contributed by atoms with Crippen LogP contribution in [-0.2, 0) is 5.75 Å². The van der Waals surface area contributed by atoms with Crippen molar-refractivity contribution < 1.29 is 18.8 Å². The summed E-state index contributed by atoms with van der Waals surface area (Å²) in [5, 5.41) is 12.0. The fourth-order valence-electron chi connectivity index (χ4n) is 1.19. The van der Waals surface area contributed by atoms with Crippen LogP contribution in [0.25, 0.3) is 0 Å². The molecule has 0 spiro atoms. The minimum absolute atomic E-state index is 0.144. The van der Waals surface area contributed by atoms with Crippen molar-refractivity contribution in [2.45, 2.75) is 10.6 Å². The lowest BCUT2D eigenvalue weighted by Gasteiger charge is -1.99. The lowest BCUT2D eigenvalue weighted by molar-refractivity contribution is 0.0685. The van der Waals surface area contributed by atoms with E-state index < -0.39 is 5.97 Å². The third kappa shape index (κ3) is 2.85. The van der Waals surface area contributed by atoms with Crippen LogP contribution in [0.5, 0.6) is 0 Å². The van der Waals surface area contributed by atoms with Crippen molar-refractivity contribution in [2.75, 3.05) is 0 Å². The summed E-state index contributed by atoms with van der Waals surface area (Å²) in [7, 11) is 0. The Bertz CT molecular complexity index is 541. The van der Waals surface area contributed by atoms with Crippen molar-refractivity contribution in [2.24, 2.45) is 0 Å². The van der Waals surface area contributed by atoms with Crippen LogP contribution >= 0.6 is 11.8 Å². The molecule has 0 unspecified atom stereocenters. The highest BCUT2D eigenvalue weighted by Gasteiger charge is 2.11. The second-order valence-corrected chi connectivity index (χ2v) is 4.22. The summed E-state index contributed by atoms with van der Waals surface area (Å²) in [6.07, 6.45) is 0.